The molecule has 0 atom stereocenters. The average Bonchev–Trinajstić information content (AvgIpc) is 0. The van der Waals surface area contributed by atoms with E-state index in [1.165, 1.54) is 0 Å². The topological polar surface area (TPSA) is 0 Å². The third-order valence-electron chi connectivity index (χ3n) is 0. The summed E-state index contributed by atoms with van der Waals surface area (Å²) >= 11 is 0. The van der Waals surface area contributed by atoms with Crippen LogP contribution in [0, 0.1) is 0 Å². The molecular weight excluding hydrogens is 305 g/mol. The van der Waals surface area contributed by atoms with E-state index in [9.17, 15) is 0 Å². The molecule has 0 aromatic rings. The summed E-state index contributed by atoms with van der Waals surface area (Å²) in [6.45, 7) is 0. The van der Waals surface area contributed by atoms with E-state index >= 15 is 0 Å². The summed E-state index contributed by atoms with van der Waals surface area (Å²) in [6.07, 6.45) is 0. The quantitative estimate of drug-likeness (QED) is 0.461. The SMILES string of the molecule is [B].[Co].[Fe].[Nb].[Ni].[SiH4]. The Morgan fingerprint density at radius 2 is 1.00 bits per heavy atom. The zero-order valence-electron chi connectivity index (χ0n) is 2.03. The molecule has 6 heteroatoms. The predicted molar refractivity (Wildman–Crippen MR) is 17.1 cm³/mol. The van der Waals surface area contributed by atoms with Crippen molar-refractivity contribution in [1.29, 1.82) is 0 Å². The normalized spacial score (nSPS) is 0. The summed E-state index contributed by atoms with van der Waals surface area (Å²) in [4.78, 5) is 0. The molecule has 0 saturated carbocycles. The molecule has 0 aliphatic heterocycles. The molecule has 5 radical (unpaired) electrons. The van der Waals surface area contributed by atoms with Crippen molar-refractivity contribution in [2.24, 2.45) is 0 Å². The van der Waals surface area contributed by atoms with Crippen molar-refractivity contribution in [2.75, 3.05) is 0 Å². The van der Waals surface area contributed by atoms with Gasteiger partial charge in [0.15, 0.2) is 0 Å². The molecule has 0 aliphatic carbocycles. The van der Waals surface area contributed by atoms with Crippen LogP contribution in [0.5, 0.6) is 0 Å². The van der Waals surface area contributed by atoms with Crippen LogP contribution >= 0.6 is 0 Å². The van der Waals surface area contributed by atoms with Gasteiger partial charge in [-0.2, -0.15) is 0 Å². The van der Waals surface area contributed by atoms with Crippen LogP contribution in [0.1, 0.15) is 0 Å². The van der Waals surface area contributed by atoms with Crippen LogP contribution < -0.4 is 0 Å². The largest absolute Gasteiger partial charge is 0.0149 e. The van der Waals surface area contributed by atoms with E-state index < -0.39 is 0 Å². The molecule has 0 N–H and O–H groups in total. The van der Waals surface area contributed by atoms with Gasteiger partial charge in [0.05, 0.1) is 0 Å². The van der Waals surface area contributed by atoms with Crippen LogP contribution in [-0.4, -0.2) is 19.4 Å². The summed E-state index contributed by atoms with van der Waals surface area (Å²) in [6, 6.07) is 0. The third kappa shape index (κ3) is 31.1. The average molecular weight is 309 g/mol. The second kappa shape index (κ2) is 50.0. The van der Waals surface area contributed by atoms with Gasteiger partial charge in [-0.25, -0.2) is 0 Å². The maximum Gasteiger partial charge on any atom is 0 e. The minimum absolute atomic E-state index is 0. The van der Waals surface area contributed by atoms with Crippen molar-refractivity contribution >= 4 is 19.4 Å². The fraction of sp³-hybridized carbons (Fsp3) is 0. The molecule has 0 amide bonds. The second-order valence-electron chi connectivity index (χ2n) is 0. The first-order valence-corrected chi connectivity index (χ1v) is 0. The first-order chi connectivity index (χ1) is 0. The number of rotatable bonds is 0. The summed E-state index contributed by atoms with van der Waals surface area (Å²) in [5, 5.41) is 0. The van der Waals surface area contributed by atoms with E-state index in [0.717, 1.165) is 0 Å². The first kappa shape index (κ1) is 75.2. The van der Waals surface area contributed by atoms with E-state index in [4.69, 9.17) is 0 Å². The van der Waals surface area contributed by atoms with E-state index in [0.29, 0.717) is 0 Å². The van der Waals surface area contributed by atoms with Crippen LogP contribution in [0.4, 0.5) is 0 Å². The van der Waals surface area contributed by atoms with Crippen LogP contribution in [-0.2, 0) is 72.7 Å². The molecule has 0 fully saturated rings. The second-order valence-corrected chi connectivity index (χ2v) is 0. The van der Waals surface area contributed by atoms with Crippen LogP contribution in [0.25, 0.3) is 0 Å². The zero-order chi connectivity index (χ0) is 0. The Labute approximate surface area is 91.1 Å². The van der Waals surface area contributed by atoms with Gasteiger partial charge < -0.3 is 0 Å². The van der Waals surface area contributed by atoms with Gasteiger partial charge in [0.25, 0.3) is 0 Å². The molecule has 0 spiro atoms. The molecule has 0 aliphatic rings. The maximum atomic E-state index is 0. The molecule has 0 saturated heterocycles. The summed E-state index contributed by atoms with van der Waals surface area (Å²) in [7, 11) is 0. The van der Waals surface area contributed by atoms with E-state index in [2.05, 4.69) is 0 Å². The monoisotopic (exact) mass is 309 g/mol. The Bertz CT molecular complexity index is 15.5. The molecule has 0 heterocycles. The summed E-state index contributed by atoms with van der Waals surface area (Å²) in [5.41, 5.74) is 0. The standard InChI is InChI=1S/B.Co.Fe.Nb.Ni.H4Si/h;;;;;1H4. The Kier molecular flexibility index (Phi) is 626. The van der Waals surface area contributed by atoms with Gasteiger partial charge in [0.2, 0.25) is 0 Å². The van der Waals surface area contributed by atoms with E-state index in [-0.39, 0.29) is 92.1 Å². The van der Waals surface area contributed by atoms with E-state index in [1.807, 2.05) is 0 Å². The minimum atomic E-state index is 0. The Morgan fingerprint density at radius 1 is 1.00 bits per heavy atom. The summed E-state index contributed by atoms with van der Waals surface area (Å²) in [5.74, 6) is 0. The van der Waals surface area contributed by atoms with Crippen molar-refractivity contribution in [3.05, 3.63) is 0 Å². The Morgan fingerprint density at radius 3 is 1.00 bits per heavy atom. The smallest absolute Gasteiger partial charge is 0 e. The fourth-order valence-electron chi connectivity index (χ4n) is 0. The van der Waals surface area contributed by atoms with Gasteiger partial charge >= 0.3 is 0 Å². The molecule has 0 rings (SSSR count). The van der Waals surface area contributed by atoms with Gasteiger partial charge in [-0.15, -0.1) is 0 Å². The van der Waals surface area contributed by atoms with Gasteiger partial charge in [0.1, 0.15) is 0 Å². The molecule has 6 heavy (non-hydrogen) atoms. The molecule has 0 bridgehead atoms. The van der Waals surface area contributed by atoms with Crippen LogP contribution in [0.3, 0.4) is 0 Å². The van der Waals surface area contributed by atoms with Gasteiger partial charge in [-0.05, 0) is 11.0 Å². The van der Waals surface area contributed by atoms with Crippen LogP contribution in [0.2, 0.25) is 0 Å². The van der Waals surface area contributed by atoms with Crippen molar-refractivity contribution in [3.63, 3.8) is 0 Å². The Balaban J connectivity index is 0. The van der Waals surface area contributed by atoms with Crippen molar-refractivity contribution < 1.29 is 72.7 Å². The molecule has 0 aromatic carbocycles. The minimum Gasteiger partial charge on any atom is -0.0149 e. The number of hydrogen-bond acceptors (Lipinski definition) is 0. The maximum absolute atomic E-state index is 0. The molecule has 0 nitrogen and oxygen atoms in total. The van der Waals surface area contributed by atoms with Crippen LogP contribution in [0.15, 0.2) is 0 Å². The fourth-order valence-corrected chi connectivity index (χ4v) is 0. The Hall–Kier alpha value is 2.54. The van der Waals surface area contributed by atoms with Crippen molar-refractivity contribution in [1.82, 2.24) is 0 Å². The third-order valence-corrected chi connectivity index (χ3v) is 0. The molecular formula is H4BCoFeNbNiSi. The van der Waals surface area contributed by atoms with Crippen molar-refractivity contribution in [2.45, 2.75) is 0 Å². The summed E-state index contributed by atoms with van der Waals surface area (Å²) < 4.78 is 0. The molecule has 43 valence electrons. The first-order valence-electron chi connectivity index (χ1n) is 0. The number of hydrogen-bond donors (Lipinski definition) is 0. The zero-order valence-corrected chi connectivity index (χ0v) is 7.36. The van der Waals surface area contributed by atoms with Crippen molar-refractivity contribution in [3.8, 4) is 0 Å². The van der Waals surface area contributed by atoms with Gasteiger partial charge in [0, 0.05) is 81.1 Å². The molecule has 0 unspecified atom stereocenters. The molecule has 0 aromatic heterocycles. The predicted octanol–water partition coefficient (Wildman–Crippen LogP) is -1.84. The van der Waals surface area contributed by atoms with Gasteiger partial charge in [-0.3, -0.25) is 0 Å². The van der Waals surface area contributed by atoms with Gasteiger partial charge in [-0.1, -0.05) is 0 Å². The van der Waals surface area contributed by atoms with E-state index in [1.54, 1.807) is 0 Å².